The molecule has 22 heavy (non-hydrogen) atoms. The van der Waals surface area contributed by atoms with E-state index in [1.807, 2.05) is 16.0 Å². The lowest BCUT2D eigenvalue weighted by Crippen LogP contribution is -2.34. The van der Waals surface area contributed by atoms with E-state index in [9.17, 15) is 9.90 Å². The highest BCUT2D eigenvalue weighted by atomic mass is 35.5. The molecule has 0 radical (unpaired) electrons. The number of hydrogen-bond donors (Lipinski definition) is 2. The van der Waals surface area contributed by atoms with Crippen LogP contribution in [-0.2, 0) is 4.79 Å². The summed E-state index contributed by atoms with van der Waals surface area (Å²) in [6.07, 6.45) is 8.92. The summed E-state index contributed by atoms with van der Waals surface area (Å²) in [6.45, 7) is 0.293. The molecule has 1 saturated carbocycles. The van der Waals surface area contributed by atoms with Gasteiger partial charge in [-0.05, 0) is 24.8 Å². The molecule has 0 saturated heterocycles. The maximum atomic E-state index is 11.9. The largest absolute Gasteiger partial charge is 0.391 e. The number of aliphatic hydroxyl groups is 1. The van der Waals surface area contributed by atoms with Crippen LogP contribution in [0.1, 0.15) is 31.4 Å². The van der Waals surface area contributed by atoms with E-state index in [0.29, 0.717) is 23.3 Å². The van der Waals surface area contributed by atoms with Gasteiger partial charge in [-0.1, -0.05) is 24.4 Å². The van der Waals surface area contributed by atoms with E-state index in [-0.39, 0.29) is 5.91 Å². The molecule has 1 amide bonds. The van der Waals surface area contributed by atoms with Crippen molar-refractivity contribution in [3.05, 3.63) is 28.5 Å². The number of imidazole rings is 1. The molecule has 2 aromatic rings. The molecule has 1 aliphatic carbocycles. The first-order valence-corrected chi connectivity index (χ1v) is 8.66. The molecule has 1 aliphatic rings. The summed E-state index contributed by atoms with van der Waals surface area (Å²) in [6, 6.07) is 0. The Hall–Kier alpha value is -1.37. The molecule has 1 unspecified atom stereocenters. The molecule has 3 rings (SSSR count). The highest BCUT2D eigenvalue weighted by Gasteiger charge is 2.23. The predicted molar refractivity (Wildman–Crippen MR) is 88.1 cm³/mol. The lowest BCUT2D eigenvalue weighted by Gasteiger charge is -2.17. The van der Waals surface area contributed by atoms with Crippen molar-refractivity contribution in [3.63, 3.8) is 0 Å². The molecular formula is C15H18ClN3O2S. The van der Waals surface area contributed by atoms with Crippen LogP contribution in [0.5, 0.6) is 0 Å². The highest BCUT2D eigenvalue weighted by molar-refractivity contribution is 7.15. The minimum atomic E-state index is -0.456. The number of amides is 1. The fraction of sp³-hybridized carbons (Fsp3) is 0.467. The topological polar surface area (TPSA) is 66.6 Å². The number of carbonyl (C=O) groups excluding carboxylic acids is 1. The van der Waals surface area contributed by atoms with E-state index in [4.69, 9.17) is 11.6 Å². The Labute approximate surface area is 137 Å². The minimum absolute atomic E-state index is 0.238. The second-order valence-electron chi connectivity index (χ2n) is 5.53. The molecule has 0 aliphatic heterocycles. The third-order valence-electron chi connectivity index (χ3n) is 4.08. The van der Waals surface area contributed by atoms with Crippen molar-refractivity contribution in [1.82, 2.24) is 14.7 Å². The number of nitrogens with zero attached hydrogens (tertiary/aromatic N) is 2. The van der Waals surface area contributed by atoms with Crippen LogP contribution in [0.15, 0.2) is 17.7 Å². The van der Waals surface area contributed by atoms with Gasteiger partial charge in [0.25, 0.3) is 0 Å². The molecule has 7 heteroatoms. The van der Waals surface area contributed by atoms with E-state index < -0.39 is 6.10 Å². The Morgan fingerprint density at radius 2 is 2.36 bits per heavy atom. The summed E-state index contributed by atoms with van der Waals surface area (Å²) in [5.74, 6) is 0.0808. The van der Waals surface area contributed by atoms with Crippen molar-refractivity contribution in [2.75, 3.05) is 6.54 Å². The van der Waals surface area contributed by atoms with Gasteiger partial charge in [0.2, 0.25) is 5.91 Å². The summed E-state index contributed by atoms with van der Waals surface area (Å²) >= 11 is 7.54. The molecule has 0 aromatic carbocycles. The fourth-order valence-electron chi connectivity index (χ4n) is 2.85. The molecular weight excluding hydrogens is 322 g/mol. The van der Waals surface area contributed by atoms with Gasteiger partial charge in [-0.2, -0.15) is 0 Å². The van der Waals surface area contributed by atoms with Crippen LogP contribution < -0.4 is 5.32 Å². The first-order valence-electron chi connectivity index (χ1n) is 7.40. The van der Waals surface area contributed by atoms with Crippen LogP contribution in [-0.4, -0.2) is 33.0 Å². The molecule has 2 N–H and O–H groups in total. The number of rotatable bonds is 5. The van der Waals surface area contributed by atoms with Crippen LogP contribution in [0, 0.1) is 5.92 Å². The number of aromatic nitrogens is 2. The summed E-state index contributed by atoms with van der Waals surface area (Å²) < 4.78 is 1.84. The van der Waals surface area contributed by atoms with Crippen molar-refractivity contribution in [2.24, 2.45) is 5.92 Å². The lowest BCUT2D eigenvalue weighted by atomic mass is 10.0. The van der Waals surface area contributed by atoms with E-state index in [1.165, 1.54) is 30.3 Å². The molecule has 118 valence electrons. The standard InChI is InChI=1S/C15H18ClN3O2S/c16-14-11(19-7-8-22-15(19)18-14)5-6-13(21)17-9-12(20)10-3-1-2-4-10/h5-8,10,12,20H,1-4,9H2,(H,17,21)/b6-5+. The number of thiazole rings is 1. The van der Waals surface area contributed by atoms with Crippen molar-refractivity contribution in [3.8, 4) is 0 Å². The molecule has 1 atom stereocenters. The number of nitrogens with one attached hydrogen (secondary N) is 1. The highest BCUT2D eigenvalue weighted by Crippen LogP contribution is 2.27. The summed E-state index contributed by atoms with van der Waals surface area (Å²) in [4.78, 5) is 16.9. The third kappa shape index (κ3) is 3.34. The van der Waals surface area contributed by atoms with Crippen LogP contribution in [0.3, 0.4) is 0 Å². The van der Waals surface area contributed by atoms with Crippen molar-refractivity contribution in [2.45, 2.75) is 31.8 Å². The summed E-state index contributed by atoms with van der Waals surface area (Å²) in [5.41, 5.74) is 0.685. The Kier molecular flexibility index (Phi) is 4.81. The number of halogens is 1. The molecule has 5 nitrogen and oxygen atoms in total. The van der Waals surface area contributed by atoms with Crippen LogP contribution in [0.25, 0.3) is 11.0 Å². The van der Waals surface area contributed by atoms with Gasteiger partial charge in [-0.15, -0.1) is 11.3 Å². The zero-order valence-corrected chi connectivity index (χ0v) is 13.6. The van der Waals surface area contributed by atoms with Gasteiger partial charge >= 0.3 is 0 Å². The Morgan fingerprint density at radius 1 is 1.59 bits per heavy atom. The monoisotopic (exact) mass is 339 g/mol. The minimum Gasteiger partial charge on any atom is -0.391 e. The van der Waals surface area contributed by atoms with Crippen molar-refractivity contribution in [1.29, 1.82) is 0 Å². The number of carbonyl (C=O) groups is 1. The summed E-state index contributed by atoms with van der Waals surface area (Å²) in [7, 11) is 0. The lowest BCUT2D eigenvalue weighted by molar-refractivity contribution is -0.117. The molecule has 2 aromatic heterocycles. The SMILES string of the molecule is O=C(/C=C/c1c(Cl)nc2sccn12)NCC(O)C1CCCC1. The van der Waals surface area contributed by atoms with Crippen LogP contribution in [0.2, 0.25) is 5.15 Å². The first-order chi connectivity index (χ1) is 10.6. The first kappa shape index (κ1) is 15.5. The molecule has 0 spiro atoms. The zero-order valence-electron chi connectivity index (χ0n) is 12.0. The fourth-order valence-corrected chi connectivity index (χ4v) is 3.86. The molecule has 0 bridgehead atoms. The van der Waals surface area contributed by atoms with Crippen LogP contribution >= 0.6 is 22.9 Å². The second-order valence-corrected chi connectivity index (χ2v) is 6.76. The van der Waals surface area contributed by atoms with Gasteiger partial charge in [0.15, 0.2) is 10.1 Å². The van der Waals surface area contributed by atoms with Gasteiger partial charge in [-0.3, -0.25) is 9.20 Å². The van der Waals surface area contributed by atoms with Gasteiger partial charge in [0, 0.05) is 24.2 Å². The quantitative estimate of drug-likeness (QED) is 0.823. The zero-order chi connectivity index (χ0) is 15.5. The number of aliphatic hydroxyl groups excluding tert-OH is 1. The smallest absolute Gasteiger partial charge is 0.244 e. The van der Waals surface area contributed by atoms with E-state index >= 15 is 0 Å². The Balaban J connectivity index is 1.57. The van der Waals surface area contributed by atoms with Crippen LogP contribution in [0.4, 0.5) is 0 Å². The number of fused-ring (bicyclic) bond motifs is 1. The van der Waals surface area contributed by atoms with Gasteiger partial charge in [-0.25, -0.2) is 4.98 Å². The molecule has 2 heterocycles. The van der Waals surface area contributed by atoms with Gasteiger partial charge in [0.1, 0.15) is 0 Å². The van der Waals surface area contributed by atoms with Gasteiger partial charge in [0.05, 0.1) is 11.8 Å². The maximum absolute atomic E-state index is 11.9. The number of hydrogen-bond acceptors (Lipinski definition) is 4. The third-order valence-corrected chi connectivity index (χ3v) is 5.11. The normalized spacial score (nSPS) is 17.5. The summed E-state index contributed by atoms with van der Waals surface area (Å²) in [5, 5.41) is 15.1. The van der Waals surface area contributed by atoms with E-state index in [0.717, 1.165) is 17.8 Å². The van der Waals surface area contributed by atoms with Gasteiger partial charge < -0.3 is 10.4 Å². The average molecular weight is 340 g/mol. The average Bonchev–Trinajstić information content (AvgIpc) is 3.20. The molecule has 1 fully saturated rings. The predicted octanol–water partition coefficient (Wildman–Crippen LogP) is 2.73. The van der Waals surface area contributed by atoms with E-state index in [1.54, 1.807) is 6.08 Å². The Bertz CT molecular complexity index is 688. The Morgan fingerprint density at radius 3 is 3.14 bits per heavy atom. The maximum Gasteiger partial charge on any atom is 0.244 e. The van der Waals surface area contributed by atoms with Crippen molar-refractivity contribution >= 4 is 39.9 Å². The van der Waals surface area contributed by atoms with E-state index in [2.05, 4.69) is 10.3 Å². The second kappa shape index (κ2) is 6.81. The van der Waals surface area contributed by atoms with Crippen molar-refractivity contribution < 1.29 is 9.90 Å².